The number of fused-ring (bicyclic) bond motifs is 1. The smallest absolute Gasteiger partial charge is 0.264 e. The fourth-order valence-electron chi connectivity index (χ4n) is 5.76. The number of hydrogen-bond acceptors (Lipinski definition) is 9. The Bertz CT molecular complexity index is 1550. The minimum Gasteiger partial charge on any atom is -0.425 e. The zero-order valence-electron chi connectivity index (χ0n) is 22.5. The van der Waals surface area contributed by atoms with Crippen LogP contribution in [0.25, 0.3) is 0 Å². The van der Waals surface area contributed by atoms with E-state index in [1.165, 1.54) is 12.1 Å². The van der Waals surface area contributed by atoms with Gasteiger partial charge < -0.3 is 9.73 Å². The maximum Gasteiger partial charge on any atom is 0.264 e. The number of hydrogen-bond donors (Lipinski definition) is 2. The molecule has 11 nitrogen and oxygen atoms in total. The molecule has 2 saturated heterocycles. The lowest BCUT2D eigenvalue weighted by Crippen LogP contribution is -2.54. The van der Waals surface area contributed by atoms with Gasteiger partial charge in [-0.25, -0.2) is 4.39 Å². The third kappa shape index (κ3) is 5.22. The monoisotopic (exact) mass is 560 g/mol. The van der Waals surface area contributed by atoms with Crippen LogP contribution < -0.4 is 10.6 Å². The molecule has 1 unspecified atom stereocenters. The van der Waals surface area contributed by atoms with Crippen LogP contribution in [-0.4, -0.2) is 62.8 Å². The van der Waals surface area contributed by atoms with E-state index in [0.29, 0.717) is 29.6 Å². The minimum absolute atomic E-state index is 0.0440. The summed E-state index contributed by atoms with van der Waals surface area (Å²) in [6, 6.07) is 8.88. The molecule has 3 aromatic rings. The van der Waals surface area contributed by atoms with Gasteiger partial charge in [0.15, 0.2) is 0 Å². The highest BCUT2D eigenvalue weighted by molar-refractivity contribution is 6.25. The van der Waals surface area contributed by atoms with E-state index in [1.54, 1.807) is 25.1 Å². The van der Waals surface area contributed by atoms with Crippen LogP contribution in [0, 0.1) is 12.7 Å². The fraction of sp³-hybridized carbons (Fsp3) is 0.379. The molecular formula is C29H29FN6O5. The molecule has 3 aliphatic rings. The summed E-state index contributed by atoms with van der Waals surface area (Å²) in [5.74, 6) is -1.17. The molecule has 2 aromatic carbocycles. The van der Waals surface area contributed by atoms with Gasteiger partial charge in [-0.1, -0.05) is 18.2 Å². The largest absolute Gasteiger partial charge is 0.425 e. The van der Waals surface area contributed by atoms with E-state index < -0.39 is 29.7 Å². The first-order chi connectivity index (χ1) is 19.8. The Morgan fingerprint density at radius 1 is 1.05 bits per heavy atom. The Morgan fingerprint density at radius 2 is 1.85 bits per heavy atom. The third-order valence-corrected chi connectivity index (χ3v) is 7.94. The third-order valence-electron chi connectivity index (χ3n) is 7.94. The normalized spacial score (nSPS) is 20.0. The van der Waals surface area contributed by atoms with Crippen molar-refractivity contribution >= 4 is 29.3 Å². The molecule has 12 heteroatoms. The Labute approximate surface area is 235 Å². The van der Waals surface area contributed by atoms with Crippen LogP contribution in [0.3, 0.4) is 0 Å². The molecule has 2 fully saturated rings. The number of imide groups is 2. The second-order valence-corrected chi connectivity index (χ2v) is 10.7. The molecule has 0 radical (unpaired) electrons. The molecule has 0 aliphatic carbocycles. The highest BCUT2D eigenvalue weighted by Crippen LogP contribution is 2.33. The summed E-state index contributed by atoms with van der Waals surface area (Å²) < 4.78 is 20.7. The first kappa shape index (κ1) is 26.8. The van der Waals surface area contributed by atoms with Gasteiger partial charge >= 0.3 is 0 Å². The molecule has 41 heavy (non-hydrogen) atoms. The Balaban J connectivity index is 1.09. The SMILES string of the molecule is Cc1nnc(C2CCN(Cc3ccc(CNc4cccc5c4C(=O)N(C4CCC(=O)NC4=O)C5=O)c(F)c3)CC2)o1. The number of anilines is 1. The van der Waals surface area contributed by atoms with Gasteiger partial charge in [0.2, 0.25) is 23.6 Å². The van der Waals surface area contributed by atoms with E-state index in [0.717, 1.165) is 36.4 Å². The van der Waals surface area contributed by atoms with Crippen molar-refractivity contribution in [3.05, 3.63) is 76.3 Å². The second kappa shape index (κ2) is 10.8. The quantitative estimate of drug-likeness (QED) is 0.418. The van der Waals surface area contributed by atoms with Crippen molar-refractivity contribution in [2.24, 2.45) is 0 Å². The maximum absolute atomic E-state index is 15.1. The number of carbonyl (C=O) groups excluding carboxylic acids is 4. The Kier molecular flexibility index (Phi) is 7.08. The Morgan fingerprint density at radius 3 is 2.56 bits per heavy atom. The standard InChI is InChI=1S/C29H29FN6O5/c1-16-33-34-27(41-16)18-9-11-35(12-10-18)15-17-5-6-19(21(30)13-17)14-31-22-4-2-3-20-25(22)29(40)36(28(20)39)23-7-8-24(37)32-26(23)38/h2-6,13,18,23,31H,7-12,14-15H2,1H3,(H,32,37,38). The summed E-state index contributed by atoms with van der Waals surface area (Å²) >= 11 is 0. The van der Waals surface area contributed by atoms with Crippen LogP contribution in [0.15, 0.2) is 40.8 Å². The number of piperidine rings is 2. The summed E-state index contributed by atoms with van der Waals surface area (Å²) in [5.41, 5.74) is 1.95. The zero-order chi connectivity index (χ0) is 28.7. The number of aryl methyl sites for hydroxylation is 1. The molecule has 1 atom stereocenters. The van der Waals surface area contributed by atoms with Gasteiger partial charge in [0.25, 0.3) is 11.8 Å². The first-order valence-corrected chi connectivity index (χ1v) is 13.7. The molecule has 0 saturated carbocycles. The summed E-state index contributed by atoms with van der Waals surface area (Å²) in [6.45, 7) is 4.19. The number of nitrogens with zero attached hydrogens (tertiary/aromatic N) is 4. The summed E-state index contributed by atoms with van der Waals surface area (Å²) in [5, 5.41) is 13.3. The number of benzene rings is 2. The maximum atomic E-state index is 15.1. The molecule has 6 rings (SSSR count). The van der Waals surface area contributed by atoms with Crippen LogP contribution >= 0.6 is 0 Å². The lowest BCUT2D eigenvalue weighted by atomic mass is 9.96. The zero-order valence-corrected chi connectivity index (χ0v) is 22.5. The van der Waals surface area contributed by atoms with E-state index in [1.807, 2.05) is 6.07 Å². The number of likely N-dealkylation sites (tertiary alicyclic amines) is 1. The summed E-state index contributed by atoms with van der Waals surface area (Å²) in [7, 11) is 0. The van der Waals surface area contributed by atoms with Crippen LogP contribution in [-0.2, 0) is 22.7 Å². The highest BCUT2D eigenvalue weighted by Gasteiger charge is 2.45. The van der Waals surface area contributed by atoms with Crippen molar-refractivity contribution in [3.63, 3.8) is 0 Å². The first-order valence-electron chi connectivity index (χ1n) is 13.7. The highest BCUT2D eigenvalue weighted by atomic mass is 19.1. The molecule has 4 heterocycles. The van der Waals surface area contributed by atoms with Crippen molar-refractivity contribution in [2.45, 2.75) is 57.7 Å². The van der Waals surface area contributed by atoms with Gasteiger partial charge in [0.05, 0.1) is 11.1 Å². The molecule has 2 N–H and O–H groups in total. The number of carbonyl (C=O) groups is 4. The average molecular weight is 561 g/mol. The fourth-order valence-corrected chi connectivity index (χ4v) is 5.76. The van der Waals surface area contributed by atoms with Gasteiger partial charge in [0, 0.05) is 43.6 Å². The average Bonchev–Trinajstić information content (AvgIpc) is 3.50. The van der Waals surface area contributed by atoms with E-state index in [-0.39, 0.29) is 42.2 Å². The number of nitrogens with one attached hydrogen (secondary N) is 2. The lowest BCUT2D eigenvalue weighted by molar-refractivity contribution is -0.136. The van der Waals surface area contributed by atoms with E-state index >= 15 is 4.39 Å². The number of aromatic nitrogens is 2. The van der Waals surface area contributed by atoms with E-state index in [9.17, 15) is 19.2 Å². The van der Waals surface area contributed by atoms with Gasteiger partial charge in [-0.05, 0) is 56.1 Å². The predicted octanol–water partition coefficient (Wildman–Crippen LogP) is 2.91. The van der Waals surface area contributed by atoms with Crippen LogP contribution in [0.2, 0.25) is 0 Å². The van der Waals surface area contributed by atoms with Crippen LogP contribution in [0.1, 0.15) is 75.2 Å². The number of amides is 4. The summed E-state index contributed by atoms with van der Waals surface area (Å²) in [6.07, 6.45) is 1.92. The van der Waals surface area contributed by atoms with Crippen molar-refractivity contribution in [2.75, 3.05) is 18.4 Å². The predicted molar refractivity (Wildman–Crippen MR) is 143 cm³/mol. The van der Waals surface area contributed by atoms with Crippen molar-refractivity contribution in [3.8, 4) is 0 Å². The number of halogens is 1. The van der Waals surface area contributed by atoms with Gasteiger partial charge in [0.1, 0.15) is 11.9 Å². The topological polar surface area (TPSA) is 138 Å². The van der Waals surface area contributed by atoms with Gasteiger partial charge in [-0.3, -0.25) is 34.3 Å². The molecule has 4 amide bonds. The molecule has 3 aliphatic heterocycles. The molecule has 212 valence electrons. The molecule has 1 aromatic heterocycles. The number of rotatable bonds is 7. The van der Waals surface area contributed by atoms with E-state index in [2.05, 4.69) is 25.7 Å². The van der Waals surface area contributed by atoms with Crippen molar-refractivity contribution in [1.29, 1.82) is 0 Å². The van der Waals surface area contributed by atoms with Crippen molar-refractivity contribution in [1.82, 2.24) is 25.3 Å². The van der Waals surface area contributed by atoms with Crippen molar-refractivity contribution < 1.29 is 28.0 Å². The van der Waals surface area contributed by atoms with Gasteiger partial charge in [-0.2, -0.15) is 0 Å². The molecule has 0 bridgehead atoms. The van der Waals surface area contributed by atoms with E-state index in [4.69, 9.17) is 4.42 Å². The Hall–Kier alpha value is -4.45. The summed E-state index contributed by atoms with van der Waals surface area (Å²) in [4.78, 5) is 53.4. The minimum atomic E-state index is -1.05. The lowest BCUT2D eigenvalue weighted by Gasteiger charge is -2.30. The molecule has 0 spiro atoms. The molecular weight excluding hydrogens is 531 g/mol. The van der Waals surface area contributed by atoms with Crippen LogP contribution in [0.5, 0.6) is 0 Å². The second-order valence-electron chi connectivity index (χ2n) is 10.7. The van der Waals surface area contributed by atoms with Crippen LogP contribution in [0.4, 0.5) is 10.1 Å². The van der Waals surface area contributed by atoms with Gasteiger partial charge in [-0.15, -0.1) is 10.2 Å².